The van der Waals surface area contributed by atoms with Crippen LogP contribution in [0.2, 0.25) is 0 Å². The molecule has 4 rings (SSSR count). The number of carbonyl (C=O) groups excluding carboxylic acids is 1. The summed E-state index contributed by atoms with van der Waals surface area (Å²) < 4.78 is 0. The molecule has 1 aromatic heterocycles. The first kappa shape index (κ1) is 23.2. The highest BCUT2D eigenvalue weighted by Crippen LogP contribution is 2.26. The van der Waals surface area contributed by atoms with E-state index in [4.69, 9.17) is 0 Å². The van der Waals surface area contributed by atoms with Crippen molar-refractivity contribution in [3.8, 4) is 5.75 Å². The number of phenols is 1. The summed E-state index contributed by atoms with van der Waals surface area (Å²) in [7, 11) is 0. The number of aromatic nitrogens is 1. The van der Waals surface area contributed by atoms with Gasteiger partial charge in [0, 0.05) is 41.8 Å². The van der Waals surface area contributed by atoms with Crippen molar-refractivity contribution in [2.75, 3.05) is 13.1 Å². The summed E-state index contributed by atoms with van der Waals surface area (Å²) in [6.45, 7) is 6.23. The number of hydrogen-bond donors (Lipinski definition) is 3. The van der Waals surface area contributed by atoms with Crippen molar-refractivity contribution in [1.82, 2.24) is 15.2 Å². The first-order chi connectivity index (χ1) is 14.5. The van der Waals surface area contributed by atoms with Crippen LogP contribution in [0.4, 0.5) is 0 Å². The van der Waals surface area contributed by atoms with Crippen molar-refractivity contribution >= 4 is 29.2 Å². The van der Waals surface area contributed by atoms with Crippen LogP contribution in [0, 0.1) is 6.92 Å². The Hall–Kier alpha value is -2.50. The molecule has 1 amide bonds. The maximum absolute atomic E-state index is 13.0. The quantitative estimate of drug-likeness (QED) is 0.513. The highest BCUT2D eigenvalue weighted by Gasteiger charge is 2.25. The summed E-state index contributed by atoms with van der Waals surface area (Å²) in [5, 5.41) is 13.8. The molecule has 3 N–H and O–H groups in total. The molecule has 2 heterocycles. The van der Waals surface area contributed by atoms with Crippen LogP contribution < -0.4 is 5.32 Å². The predicted molar refractivity (Wildman–Crippen MR) is 128 cm³/mol. The molecule has 1 aliphatic rings. The summed E-state index contributed by atoms with van der Waals surface area (Å²) in [6.07, 6.45) is 4.19. The van der Waals surface area contributed by atoms with Gasteiger partial charge in [0.25, 0.3) is 5.91 Å². The molecule has 1 aliphatic heterocycles. The molecule has 0 radical (unpaired) electrons. The molecular weight excluding hydrogens is 410 g/mol. The Kier molecular flexibility index (Phi) is 7.63. The van der Waals surface area contributed by atoms with Gasteiger partial charge in [-0.15, -0.1) is 12.4 Å². The van der Waals surface area contributed by atoms with Gasteiger partial charge < -0.3 is 20.3 Å². The minimum absolute atomic E-state index is 0. The number of aromatic hydroxyl groups is 1. The molecule has 166 valence electrons. The number of aromatic amines is 1. The lowest BCUT2D eigenvalue weighted by atomic mass is 9.99. The molecular formula is C25H32ClN3O2. The number of halogens is 1. The zero-order chi connectivity index (χ0) is 21.1. The smallest absolute Gasteiger partial charge is 0.253 e. The average molecular weight is 442 g/mol. The number of carbonyl (C=O) groups is 1. The van der Waals surface area contributed by atoms with Crippen LogP contribution in [-0.2, 0) is 6.42 Å². The fraction of sp³-hybridized carbons (Fsp3) is 0.400. The van der Waals surface area contributed by atoms with Gasteiger partial charge in [-0.1, -0.05) is 30.3 Å². The Morgan fingerprint density at radius 3 is 2.61 bits per heavy atom. The van der Waals surface area contributed by atoms with E-state index < -0.39 is 0 Å². The van der Waals surface area contributed by atoms with Crippen molar-refractivity contribution in [2.45, 2.75) is 51.6 Å². The summed E-state index contributed by atoms with van der Waals surface area (Å²) in [4.78, 5) is 18.8. The number of piperidine rings is 1. The van der Waals surface area contributed by atoms with Crippen LogP contribution in [0.15, 0.2) is 48.5 Å². The molecule has 1 saturated heterocycles. The molecule has 5 nitrogen and oxygen atoms in total. The third kappa shape index (κ3) is 5.41. The fourth-order valence-electron chi connectivity index (χ4n) is 4.55. The summed E-state index contributed by atoms with van der Waals surface area (Å²) in [5.74, 6) is 0.119. The number of nitrogens with zero attached hydrogens (tertiary/aromatic N) is 1. The van der Waals surface area contributed by atoms with Gasteiger partial charge in [-0.25, -0.2) is 0 Å². The molecule has 0 bridgehead atoms. The fourth-order valence-corrected chi connectivity index (χ4v) is 4.55. The number of likely N-dealkylation sites (tertiary alicyclic amines) is 1. The normalized spacial score (nSPS) is 16.1. The lowest BCUT2D eigenvalue weighted by Crippen LogP contribution is -2.47. The molecule has 0 saturated carbocycles. The van der Waals surface area contributed by atoms with Crippen LogP contribution in [-0.4, -0.2) is 46.1 Å². The van der Waals surface area contributed by atoms with Crippen LogP contribution in [0.3, 0.4) is 0 Å². The van der Waals surface area contributed by atoms with Crippen molar-refractivity contribution in [3.05, 3.63) is 65.4 Å². The van der Waals surface area contributed by atoms with Crippen molar-refractivity contribution < 1.29 is 9.90 Å². The number of amides is 1. The van der Waals surface area contributed by atoms with Gasteiger partial charge in [0.2, 0.25) is 0 Å². The molecule has 1 unspecified atom stereocenters. The molecule has 0 aliphatic carbocycles. The molecule has 6 heteroatoms. The van der Waals surface area contributed by atoms with Gasteiger partial charge in [-0.05, 0) is 63.3 Å². The van der Waals surface area contributed by atoms with E-state index in [1.54, 1.807) is 12.1 Å². The summed E-state index contributed by atoms with van der Waals surface area (Å²) in [5.41, 5.74) is 3.74. The number of H-pyrrole nitrogens is 1. The van der Waals surface area contributed by atoms with Gasteiger partial charge in [0.05, 0.1) is 5.56 Å². The van der Waals surface area contributed by atoms with E-state index in [0.717, 1.165) is 55.4 Å². The van der Waals surface area contributed by atoms with E-state index in [1.165, 1.54) is 5.56 Å². The van der Waals surface area contributed by atoms with Gasteiger partial charge in [0.15, 0.2) is 0 Å². The highest BCUT2D eigenvalue weighted by atomic mass is 35.5. The largest absolute Gasteiger partial charge is 0.508 e. The van der Waals surface area contributed by atoms with E-state index in [0.29, 0.717) is 11.6 Å². The van der Waals surface area contributed by atoms with Crippen molar-refractivity contribution in [2.24, 2.45) is 0 Å². The van der Waals surface area contributed by atoms with Gasteiger partial charge in [-0.2, -0.15) is 0 Å². The summed E-state index contributed by atoms with van der Waals surface area (Å²) >= 11 is 0. The third-order valence-electron chi connectivity index (χ3n) is 6.38. The third-order valence-corrected chi connectivity index (χ3v) is 6.38. The molecule has 1 atom stereocenters. The lowest BCUT2D eigenvalue weighted by molar-refractivity contribution is 0.0894. The Morgan fingerprint density at radius 2 is 1.90 bits per heavy atom. The molecule has 0 spiro atoms. The minimum Gasteiger partial charge on any atom is -0.508 e. The SMILES string of the molecule is Cc1[nH]c2ccc(O)cc2c1C(=O)NC1CCN(C(C)CCc2ccccc2)CC1.Cl. The number of aryl methyl sites for hydroxylation is 2. The van der Waals surface area contributed by atoms with Crippen LogP contribution in [0.25, 0.3) is 10.9 Å². The molecule has 3 aromatic rings. The first-order valence-corrected chi connectivity index (χ1v) is 10.9. The minimum atomic E-state index is -0.0556. The zero-order valence-corrected chi connectivity index (χ0v) is 19.0. The second-order valence-corrected chi connectivity index (χ2v) is 8.51. The standard InChI is InChI=1S/C25H31N3O2.ClH/c1-17(8-9-19-6-4-3-5-7-19)28-14-12-20(13-15-28)27-25(30)24-18(2)26-23-11-10-21(29)16-22(23)24;/h3-7,10-11,16-17,20,26,29H,8-9,12-15H2,1-2H3,(H,27,30);1H. The van der Waals surface area contributed by atoms with E-state index in [2.05, 4.69) is 52.5 Å². The van der Waals surface area contributed by atoms with Gasteiger partial charge in [0.1, 0.15) is 5.75 Å². The van der Waals surface area contributed by atoms with E-state index >= 15 is 0 Å². The van der Waals surface area contributed by atoms with Crippen molar-refractivity contribution in [3.63, 3.8) is 0 Å². The number of phenolic OH excluding ortho intramolecular Hbond substituents is 1. The van der Waals surface area contributed by atoms with Gasteiger partial charge >= 0.3 is 0 Å². The predicted octanol–water partition coefficient (Wildman–Crippen LogP) is 4.82. The molecule has 2 aromatic carbocycles. The second kappa shape index (κ2) is 10.2. The lowest BCUT2D eigenvalue weighted by Gasteiger charge is -2.36. The van der Waals surface area contributed by atoms with Gasteiger partial charge in [-0.3, -0.25) is 4.79 Å². The number of nitrogens with one attached hydrogen (secondary N) is 2. The first-order valence-electron chi connectivity index (χ1n) is 10.9. The van der Waals surface area contributed by atoms with E-state index in [1.807, 2.05) is 13.0 Å². The number of fused-ring (bicyclic) bond motifs is 1. The Bertz CT molecular complexity index is 1010. The topological polar surface area (TPSA) is 68.4 Å². The molecule has 1 fully saturated rings. The number of benzene rings is 2. The monoisotopic (exact) mass is 441 g/mol. The average Bonchev–Trinajstić information content (AvgIpc) is 3.08. The number of rotatable bonds is 6. The second-order valence-electron chi connectivity index (χ2n) is 8.51. The van der Waals surface area contributed by atoms with E-state index in [-0.39, 0.29) is 30.1 Å². The Balaban J connectivity index is 0.00000272. The van der Waals surface area contributed by atoms with Crippen molar-refractivity contribution in [1.29, 1.82) is 0 Å². The zero-order valence-electron chi connectivity index (χ0n) is 18.2. The van der Waals surface area contributed by atoms with Crippen LogP contribution in [0.1, 0.15) is 47.8 Å². The molecule has 31 heavy (non-hydrogen) atoms. The Labute approximate surface area is 190 Å². The maximum Gasteiger partial charge on any atom is 0.253 e. The number of hydrogen-bond acceptors (Lipinski definition) is 3. The van der Waals surface area contributed by atoms with Crippen LogP contribution in [0.5, 0.6) is 5.75 Å². The summed E-state index contributed by atoms with van der Waals surface area (Å²) in [6, 6.07) is 16.5. The maximum atomic E-state index is 13.0. The highest BCUT2D eigenvalue weighted by molar-refractivity contribution is 6.08. The van der Waals surface area contributed by atoms with Crippen LogP contribution >= 0.6 is 12.4 Å². The van der Waals surface area contributed by atoms with E-state index in [9.17, 15) is 9.90 Å². The Morgan fingerprint density at radius 1 is 1.19 bits per heavy atom.